The molecule has 5 nitrogen and oxygen atoms in total. The molecule has 1 atom stereocenters. The minimum absolute atomic E-state index is 0.122. The van der Waals surface area contributed by atoms with Crippen molar-refractivity contribution in [3.63, 3.8) is 0 Å². The van der Waals surface area contributed by atoms with Crippen molar-refractivity contribution in [2.45, 2.75) is 19.4 Å². The number of nitrogens with two attached hydrogens (primary N) is 1. The third-order valence-corrected chi connectivity index (χ3v) is 2.99. The molecule has 2 rings (SSSR count). The van der Waals surface area contributed by atoms with Crippen LogP contribution in [0.15, 0.2) is 36.4 Å². The topological polar surface area (TPSA) is 73.1 Å². The predicted octanol–water partition coefficient (Wildman–Crippen LogP) is 1.78. The van der Waals surface area contributed by atoms with E-state index in [2.05, 4.69) is 27.4 Å². The molecule has 0 spiro atoms. The summed E-state index contributed by atoms with van der Waals surface area (Å²) in [5.41, 5.74) is 7.08. The van der Waals surface area contributed by atoms with Gasteiger partial charge in [-0.2, -0.15) is 4.98 Å². The van der Waals surface area contributed by atoms with Gasteiger partial charge in [0.1, 0.15) is 11.6 Å². The molecule has 0 saturated carbocycles. The average Bonchev–Trinajstić information content (AvgIpc) is 2.47. The van der Waals surface area contributed by atoms with Gasteiger partial charge in [0, 0.05) is 18.7 Å². The first kappa shape index (κ1) is 14.3. The van der Waals surface area contributed by atoms with Crippen LogP contribution in [-0.4, -0.2) is 29.7 Å². The summed E-state index contributed by atoms with van der Waals surface area (Å²) in [6.07, 6.45) is 0.850. The van der Waals surface area contributed by atoms with Gasteiger partial charge in [0.15, 0.2) is 0 Å². The molecule has 1 aromatic carbocycles. The van der Waals surface area contributed by atoms with E-state index in [4.69, 9.17) is 10.5 Å². The standard InChI is InChI=1S/C15H20N4O/c1-11-17-14(9-15(18-11)20-2)19-13(10-16)8-12-6-4-3-5-7-12/h3-7,9,13H,8,10,16H2,1-2H3,(H,17,18,19). The highest BCUT2D eigenvalue weighted by Gasteiger charge is 2.10. The molecule has 20 heavy (non-hydrogen) atoms. The Morgan fingerprint density at radius 2 is 2.00 bits per heavy atom. The summed E-state index contributed by atoms with van der Waals surface area (Å²) in [4.78, 5) is 8.52. The Morgan fingerprint density at radius 1 is 1.25 bits per heavy atom. The van der Waals surface area contributed by atoms with E-state index >= 15 is 0 Å². The molecule has 0 amide bonds. The van der Waals surface area contributed by atoms with Gasteiger partial charge in [0.05, 0.1) is 7.11 Å². The molecule has 1 unspecified atom stereocenters. The van der Waals surface area contributed by atoms with Crippen LogP contribution in [0.2, 0.25) is 0 Å². The third-order valence-electron chi connectivity index (χ3n) is 2.99. The maximum absolute atomic E-state index is 5.84. The van der Waals surface area contributed by atoms with Gasteiger partial charge < -0.3 is 15.8 Å². The number of nitrogens with zero attached hydrogens (tertiary/aromatic N) is 2. The number of aromatic nitrogens is 2. The van der Waals surface area contributed by atoms with Crippen molar-refractivity contribution in [1.29, 1.82) is 0 Å². The zero-order chi connectivity index (χ0) is 14.4. The predicted molar refractivity (Wildman–Crippen MR) is 79.9 cm³/mol. The van der Waals surface area contributed by atoms with Crippen LogP contribution in [0.1, 0.15) is 11.4 Å². The van der Waals surface area contributed by atoms with Crippen molar-refractivity contribution in [1.82, 2.24) is 9.97 Å². The Labute approximate surface area is 119 Å². The summed E-state index contributed by atoms with van der Waals surface area (Å²) in [6, 6.07) is 12.2. The molecular formula is C15H20N4O. The normalized spacial score (nSPS) is 11.9. The highest BCUT2D eigenvalue weighted by atomic mass is 16.5. The van der Waals surface area contributed by atoms with Crippen LogP contribution in [-0.2, 0) is 6.42 Å². The Balaban J connectivity index is 2.08. The molecule has 0 fully saturated rings. The highest BCUT2D eigenvalue weighted by molar-refractivity contribution is 5.40. The van der Waals surface area contributed by atoms with Crippen LogP contribution in [0.4, 0.5) is 5.82 Å². The molecule has 0 aliphatic carbocycles. The van der Waals surface area contributed by atoms with Crippen molar-refractivity contribution in [2.24, 2.45) is 5.73 Å². The van der Waals surface area contributed by atoms with E-state index < -0.39 is 0 Å². The lowest BCUT2D eigenvalue weighted by Crippen LogP contribution is -2.31. The van der Waals surface area contributed by atoms with Crippen LogP contribution in [0.3, 0.4) is 0 Å². The van der Waals surface area contributed by atoms with Gasteiger partial charge >= 0.3 is 0 Å². The first-order valence-electron chi connectivity index (χ1n) is 6.61. The maximum Gasteiger partial charge on any atom is 0.218 e. The second kappa shape index (κ2) is 6.86. The van der Waals surface area contributed by atoms with E-state index in [0.717, 1.165) is 12.2 Å². The molecule has 106 valence electrons. The molecule has 1 aromatic heterocycles. The number of hydrogen-bond acceptors (Lipinski definition) is 5. The number of nitrogens with one attached hydrogen (secondary N) is 1. The van der Waals surface area contributed by atoms with E-state index in [-0.39, 0.29) is 6.04 Å². The van der Waals surface area contributed by atoms with Crippen LogP contribution in [0.5, 0.6) is 5.88 Å². The Kier molecular flexibility index (Phi) is 4.90. The number of ether oxygens (including phenoxy) is 1. The van der Waals surface area contributed by atoms with Gasteiger partial charge in [-0.25, -0.2) is 4.98 Å². The van der Waals surface area contributed by atoms with E-state index in [0.29, 0.717) is 18.2 Å². The molecule has 3 N–H and O–H groups in total. The summed E-state index contributed by atoms with van der Waals surface area (Å²) in [6.45, 7) is 2.36. The summed E-state index contributed by atoms with van der Waals surface area (Å²) < 4.78 is 5.15. The number of aryl methyl sites for hydroxylation is 1. The van der Waals surface area contributed by atoms with Crippen LogP contribution in [0, 0.1) is 6.92 Å². The molecule has 0 aliphatic rings. The van der Waals surface area contributed by atoms with E-state index in [9.17, 15) is 0 Å². The summed E-state index contributed by atoms with van der Waals surface area (Å²) in [5.74, 6) is 1.96. The number of benzene rings is 1. The fraction of sp³-hybridized carbons (Fsp3) is 0.333. The first-order chi connectivity index (χ1) is 9.71. The summed E-state index contributed by atoms with van der Waals surface area (Å²) in [5, 5.41) is 3.34. The molecule has 0 saturated heterocycles. The van der Waals surface area contributed by atoms with Gasteiger partial charge in [-0.3, -0.25) is 0 Å². The SMILES string of the molecule is COc1cc(NC(CN)Cc2ccccc2)nc(C)n1. The third kappa shape index (κ3) is 3.93. The molecule has 0 radical (unpaired) electrons. The quantitative estimate of drug-likeness (QED) is 0.838. The van der Waals surface area contributed by atoms with Crippen LogP contribution >= 0.6 is 0 Å². The average molecular weight is 272 g/mol. The number of anilines is 1. The van der Waals surface area contributed by atoms with Crippen LogP contribution in [0.25, 0.3) is 0 Å². The van der Waals surface area contributed by atoms with Crippen molar-refractivity contribution in [3.05, 3.63) is 47.8 Å². The molecule has 0 aliphatic heterocycles. The largest absolute Gasteiger partial charge is 0.481 e. The number of hydrogen-bond donors (Lipinski definition) is 2. The van der Waals surface area contributed by atoms with Gasteiger partial charge in [0.25, 0.3) is 0 Å². The molecule has 0 bridgehead atoms. The number of methoxy groups -OCH3 is 1. The van der Waals surface area contributed by atoms with Crippen molar-refractivity contribution in [2.75, 3.05) is 19.0 Å². The molecule has 2 aromatic rings. The first-order valence-corrected chi connectivity index (χ1v) is 6.61. The lowest BCUT2D eigenvalue weighted by molar-refractivity contribution is 0.396. The lowest BCUT2D eigenvalue weighted by atomic mass is 10.1. The maximum atomic E-state index is 5.84. The zero-order valence-electron chi connectivity index (χ0n) is 11.8. The Morgan fingerprint density at radius 3 is 2.65 bits per heavy atom. The van der Waals surface area contributed by atoms with Gasteiger partial charge in [-0.15, -0.1) is 0 Å². The second-order valence-electron chi connectivity index (χ2n) is 4.61. The minimum Gasteiger partial charge on any atom is -0.481 e. The van der Waals surface area contributed by atoms with Crippen LogP contribution < -0.4 is 15.8 Å². The minimum atomic E-state index is 0.122. The summed E-state index contributed by atoms with van der Waals surface area (Å²) in [7, 11) is 1.59. The van der Waals surface area contributed by atoms with Gasteiger partial charge in [-0.1, -0.05) is 30.3 Å². The highest BCUT2D eigenvalue weighted by Crippen LogP contribution is 2.14. The Bertz CT molecular complexity index is 545. The molecular weight excluding hydrogens is 252 g/mol. The van der Waals surface area contributed by atoms with Gasteiger partial charge in [0.2, 0.25) is 5.88 Å². The van der Waals surface area contributed by atoms with E-state index in [1.54, 1.807) is 13.2 Å². The van der Waals surface area contributed by atoms with E-state index in [1.807, 2.05) is 25.1 Å². The van der Waals surface area contributed by atoms with Gasteiger partial charge in [-0.05, 0) is 18.9 Å². The Hall–Kier alpha value is -2.14. The fourth-order valence-corrected chi connectivity index (χ4v) is 2.02. The van der Waals surface area contributed by atoms with Crippen molar-refractivity contribution >= 4 is 5.82 Å². The number of rotatable bonds is 6. The lowest BCUT2D eigenvalue weighted by Gasteiger charge is -2.18. The van der Waals surface area contributed by atoms with Crippen molar-refractivity contribution < 1.29 is 4.74 Å². The molecule has 5 heteroatoms. The van der Waals surface area contributed by atoms with E-state index in [1.165, 1.54) is 5.56 Å². The molecule has 1 heterocycles. The second-order valence-corrected chi connectivity index (χ2v) is 4.61. The smallest absolute Gasteiger partial charge is 0.218 e. The summed E-state index contributed by atoms with van der Waals surface area (Å²) >= 11 is 0. The monoisotopic (exact) mass is 272 g/mol. The fourth-order valence-electron chi connectivity index (χ4n) is 2.02. The van der Waals surface area contributed by atoms with Crippen molar-refractivity contribution in [3.8, 4) is 5.88 Å². The zero-order valence-corrected chi connectivity index (χ0v) is 11.8.